The normalized spacial score (nSPS) is 14.3. The van der Waals surface area contributed by atoms with Crippen LogP contribution in [0, 0.1) is 5.92 Å². The van der Waals surface area contributed by atoms with Crippen LogP contribution in [0.15, 0.2) is 54.7 Å². The fourth-order valence-electron chi connectivity index (χ4n) is 3.99. The summed E-state index contributed by atoms with van der Waals surface area (Å²) >= 11 is 0. The lowest BCUT2D eigenvalue weighted by molar-refractivity contribution is 0.0642. The van der Waals surface area contributed by atoms with Crippen LogP contribution >= 0.6 is 0 Å². The first kappa shape index (κ1) is 21.9. The fourth-order valence-corrected chi connectivity index (χ4v) is 3.99. The van der Waals surface area contributed by atoms with Crippen molar-refractivity contribution in [3.05, 3.63) is 71.5 Å². The molecule has 0 aliphatic carbocycles. The quantitative estimate of drug-likeness (QED) is 0.592. The van der Waals surface area contributed by atoms with Crippen LogP contribution < -0.4 is 10.6 Å². The highest BCUT2D eigenvalue weighted by Crippen LogP contribution is 2.25. The molecular formula is C25H27N3O4. The molecule has 7 nitrogen and oxygen atoms in total. The first-order chi connectivity index (χ1) is 15.7. The van der Waals surface area contributed by atoms with E-state index in [0.29, 0.717) is 30.3 Å². The number of anilines is 1. The van der Waals surface area contributed by atoms with Crippen molar-refractivity contribution in [2.75, 3.05) is 32.2 Å². The van der Waals surface area contributed by atoms with Crippen molar-refractivity contribution in [3.8, 4) is 0 Å². The second-order valence-corrected chi connectivity index (χ2v) is 7.87. The Balaban J connectivity index is 1.53. The maximum absolute atomic E-state index is 13.2. The van der Waals surface area contributed by atoms with Gasteiger partial charge in [-0.05, 0) is 53.3 Å². The minimum absolute atomic E-state index is 0.202. The molecule has 3 aromatic rings. The van der Waals surface area contributed by atoms with Crippen LogP contribution in [0.25, 0.3) is 10.8 Å². The van der Waals surface area contributed by atoms with Crippen molar-refractivity contribution in [2.24, 2.45) is 5.92 Å². The molecule has 4 rings (SSSR count). The first-order valence-corrected chi connectivity index (χ1v) is 10.8. The minimum atomic E-state index is -0.298. The summed E-state index contributed by atoms with van der Waals surface area (Å²) in [6.45, 7) is 2.48. The Morgan fingerprint density at radius 3 is 2.59 bits per heavy atom. The molecule has 2 aromatic carbocycles. The Kier molecular flexibility index (Phi) is 7.09. The van der Waals surface area contributed by atoms with E-state index in [1.54, 1.807) is 31.5 Å². The van der Waals surface area contributed by atoms with Gasteiger partial charge in [-0.2, -0.15) is 0 Å². The monoisotopic (exact) mass is 433 g/mol. The number of hydrogen-bond donors (Lipinski definition) is 2. The molecule has 1 fully saturated rings. The number of ether oxygens (including phenoxy) is 2. The van der Waals surface area contributed by atoms with Crippen LogP contribution in [-0.2, 0) is 16.1 Å². The molecule has 0 spiro atoms. The van der Waals surface area contributed by atoms with E-state index in [4.69, 9.17) is 9.47 Å². The Bertz CT molecular complexity index is 1110. The van der Waals surface area contributed by atoms with Gasteiger partial charge in [0.2, 0.25) is 0 Å². The second kappa shape index (κ2) is 10.3. The van der Waals surface area contributed by atoms with Gasteiger partial charge in [0.1, 0.15) is 0 Å². The minimum Gasteiger partial charge on any atom is -0.381 e. The number of rotatable bonds is 7. The third kappa shape index (κ3) is 4.95. The van der Waals surface area contributed by atoms with Gasteiger partial charge in [-0.25, -0.2) is 4.98 Å². The molecule has 1 saturated heterocycles. The highest BCUT2D eigenvalue weighted by molar-refractivity contribution is 6.15. The average molecular weight is 434 g/mol. The molecule has 32 heavy (non-hydrogen) atoms. The van der Waals surface area contributed by atoms with Gasteiger partial charge in [-0.3, -0.25) is 9.59 Å². The highest BCUT2D eigenvalue weighted by Gasteiger charge is 2.20. The smallest absolute Gasteiger partial charge is 0.272 e. The number of carbonyl (C=O) groups is 2. The standard InChI is InChI=1S/C25H27N3O4/c1-31-16-18-8-9-21(20-6-3-2-5-19(18)20)24(29)28-22-7-4-12-26-23(22)25(30)27-15-17-10-13-32-14-11-17/h2-9,12,17H,10-11,13-16H2,1H3,(H,27,30)(H,28,29). The van der Waals surface area contributed by atoms with Crippen molar-refractivity contribution in [2.45, 2.75) is 19.4 Å². The number of benzene rings is 2. The van der Waals surface area contributed by atoms with Crippen LogP contribution in [0.1, 0.15) is 39.3 Å². The van der Waals surface area contributed by atoms with Gasteiger partial charge >= 0.3 is 0 Å². The number of pyridine rings is 1. The Hall–Kier alpha value is -3.29. The summed E-state index contributed by atoms with van der Waals surface area (Å²) in [5.74, 6) is -0.198. The Morgan fingerprint density at radius 2 is 1.81 bits per heavy atom. The number of hydrogen-bond acceptors (Lipinski definition) is 5. The van der Waals surface area contributed by atoms with Crippen LogP contribution in [0.2, 0.25) is 0 Å². The third-order valence-electron chi connectivity index (χ3n) is 5.72. The van der Waals surface area contributed by atoms with Crippen molar-refractivity contribution in [3.63, 3.8) is 0 Å². The van der Waals surface area contributed by atoms with Gasteiger partial charge in [0.05, 0.1) is 12.3 Å². The van der Waals surface area contributed by atoms with Crippen molar-refractivity contribution in [1.29, 1.82) is 0 Å². The lowest BCUT2D eigenvalue weighted by Crippen LogP contribution is -2.33. The zero-order valence-electron chi connectivity index (χ0n) is 18.1. The van der Waals surface area contributed by atoms with E-state index >= 15 is 0 Å². The molecule has 0 radical (unpaired) electrons. The summed E-state index contributed by atoms with van der Waals surface area (Å²) < 4.78 is 10.6. The van der Waals surface area contributed by atoms with Gasteiger partial charge in [0.15, 0.2) is 5.69 Å². The predicted molar refractivity (Wildman–Crippen MR) is 123 cm³/mol. The summed E-state index contributed by atoms with van der Waals surface area (Å²) in [6, 6.07) is 14.8. The number of nitrogens with one attached hydrogen (secondary N) is 2. The highest BCUT2D eigenvalue weighted by atomic mass is 16.5. The maximum Gasteiger partial charge on any atom is 0.272 e. The van der Waals surface area contributed by atoms with Crippen molar-refractivity contribution >= 4 is 28.3 Å². The first-order valence-electron chi connectivity index (χ1n) is 10.8. The summed E-state index contributed by atoms with van der Waals surface area (Å²) in [5, 5.41) is 7.62. The third-order valence-corrected chi connectivity index (χ3v) is 5.72. The van der Waals surface area contributed by atoms with Gasteiger partial charge in [0.25, 0.3) is 11.8 Å². The zero-order chi connectivity index (χ0) is 22.3. The van der Waals surface area contributed by atoms with Crippen LogP contribution in [0.3, 0.4) is 0 Å². The SMILES string of the molecule is COCc1ccc(C(=O)Nc2cccnc2C(=O)NCC2CCOCC2)c2ccccc12. The number of nitrogens with zero attached hydrogens (tertiary/aromatic N) is 1. The van der Waals surface area contributed by atoms with E-state index in [0.717, 1.165) is 42.4 Å². The van der Waals surface area contributed by atoms with Crippen LogP contribution in [-0.4, -0.2) is 43.7 Å². The molecule has 1 aliphatic rings. The molecule has 2 amide bonds. The largest absolute Gasteiger partial charge is 0.381 e. The molecular weight excluding hydrogens is 406 g/mol. The fraction of sp³-hybridized carbons (Fsp3) is 0.320. The average Bonchev–Trinajstić information content (AvgIpc) is 2.84. The number of amides is 2. The number of fused-ring (bicyclic) bond motifs is 1. The van der Waals surface area contributed by atoms with E-state index in [1.807, 2.05) is 30.3 Å². The molecule has 0 saturated carbocycles. The van der Waals surface area contributed by atoms with E-state index in [-0.39, 0.29) is 17.5 Å². The van der Waals surface area contributed by atoms with E-state index < -0.39 is 0 Å². The summed E-state index contributed by atoms with van der Waals surface area (Å²) in [4.78, 5) is 30.2. The topological polar surface area (TPSA) is 89.5 Å². The lowest BCUT2D eigenvalue weighted by Gasteiger charge is -2.22. The number of methoxy groups -OCH3 is 1. The summed E-state index contributed by atoms with van der Waals surface area (Å²) in [6.07, 6.45) is 3.41. The molecule has 0 atom stereocenters. The molecule has 1 aromatic heterocycles. The lowest BCUT2D eigenvalue weighted by atomic mass is 9.99. The van der Waals surface area contributed by atoms with E-state index in [1.165, 1.54) is 0 Å². The molecule has 1 aliphatic heterocycles. The Morgan fingerprint density at radius 1 is 1.03 bits per heavy atom. The Labute approximate surface area is 187 Å². The maximum atomic E-state index is 13.2. The second-order valence-electron chi connectivity index (χ2n) is 7.87. The van der Waals surface area contributed by atoms with Crippen LogP contribution in [0.5, 0.6) is 0 Å². The molecule has 166 valence electrons. The summed E-state index contributed by atoms with van der Waals surface area (Å²) in [7, 11) is 1.65. The van der Waals surface area contributed by atoms with Gasteiger partial charge < -0.3 is 20.1 Å². The van der Waals surface area contributed by atoms with Crippen molar-refractivity contribution < 1.29 is 19.1 Å². The van der Waals surface area contributed by atoms with E-state index in [2.05, 4.69) is 15.6 Å². The number of carbonyl (C=O) groups excluding carboxylic acids is 2. The molecule has 0 bridgehead atoms. The molecule has 0 unspecified atom stereocenters. The van der Waals surface area contributed by atoms with Gasteiger partial charge in [-0.15, -0.1) is 0 Å². The predicted octanol–water partition coefficient (Wildman–Crippen LogP) is 3.79. The molecule has 2 heterocycles. The molecule has 2 N–H and O–H groups in total. The summed E-state index contributed by atoms with van der Waals surface area (Å²) in [5.41, 5.74) is 2.12. The van der Waals surface area contributed by atoms with E-state index in [9.17, 15) is 9.59 Å². The zero-order valence-corrected chi connectivity index (χ0v) is 18.1. The van der Waals surface area contributed by atoms with Crippen molar-refractivity contribution in [1.82, 2.24) is 10.3 Å². The molecule has 7 heteroatoms. The number of aromatic nitrogens is 1. The van der Waals surface area contributed by atoms with Crippen LogP contribution in [0.4, 0.5) is 5.69 Å². The van der Waals surface area contributed by atoms with Gasteiger partial charge in [0, 0.05) is 38.6 Å². The van der Waals surface area contributed by atoms with Gasteiger partial charge in [-0.1, -0.05) is 30.3 Å².